The van der Waals surface area contributed by atoms with E-state index in [1.165, 1.54) is 5.69 Å². The molecule has 6 heteroatoms. The average molecular weight is 312 g/mol. The Balaban J connectivity index is 1.48. The number of nitrogens with zero attached hydrogens (tertiary/aromatic N) is 6. The Morgan fingerprint density at radius 2 is 1.83 bits per heavy atom. The smallest absolute Gasteiger partial charge is 0.151 e. The maximum atomic E-state index is 4.39. The molecule has 122 valence electrons. The van der Waals surface area contributed by atoms with Crippen LogP contribution in [0.4, 0.5) is 11.6 Å². The highest BCUT2D eigenvalue weighted by Crippen LogP contribution is 2.15. The molecule has 1 fully saturated rings. The summed E-state index contributed by atoms with van der Waals surface area (Å²) in [7, 11) is 3.95. The molecule has 3 rings (SSSR count). The number of pyridine rings is 1. The van der Waals surface area contributed by atoms with Crippen molar-refractivity contribution in [3.05, 3.63) is 42.2 Å². The van der Waals surface area contributed by atoms with Gasteiger partial charge in [0.25, 0.3) is 0 Å². The van der Waals surface area contributed by atoms with Crippen LogP contribution in [0.3, 0.4) is 0 Å². The van der Waals surface area contributed by atoms with E-state index in [4.69, 9.17) is 0 Å². The predicted molar refractivity (Wildman–Crippen MR) is 93.0 cm³/mol. The summed E-state index contributed by atoms with van der Waals surface area (Å²) in [5.41, 5.74) is 1.17. The van der Waals surface area contributed by atoms with Crippen LogP contribution in [-0.4, -0.2) is 66.9 Å². The second-order valence-corrected chi connectivity index (χ2v) is 6.04. The Labute approximate surface area is 137 Å². The molecule has 0 spiro atoms. The Hall–Kier alpha value is -2.21. The maximum absolute atomic E-state index is 4.39. The van der Waals surface area contributed by atoms with Crippen LogP contribution in [0.15, 0.2) is 36.5 Å². The van der Waals surface area contributed by atoms with Crippen LogP contribution in [0.1, 0.15) is 5.69 Å². The molecule has 2 aromatic rings. The molecule has 2 aromatic heterocycles. The van der Waals surface area contributed by atoms with Gasteiger partial charge in [0, 0.05) is 65.1 Å². The first-order valence-corrected chi connectivity index (χ1v) is 8.10. The molecule has 6 nitrogen and oxygen atoms in total. The lowest BCUT2D eigenvalue weighted by atomic mass is 10.2. The molecular formula is C17H24N6. The van der Waals surface area contributed by atoms with Crippen molar-refractivity contribution in [3.8, 4) is 0 Å². The van der Waals surface area contributed by atoms with Gasteiger partial charge in [-0.25, -0.2) is 0 Å². The zero-order valence-corrected chi connectivity index (χ0v) is 13.9. The highest BCUT2D eigenvalue weighted by Gasteiger charge is 2.18. The first-order chi connectivity index (χ1) is 11.2. The lowest BCUT2D eigenvalue weighted by molar-refractivity contribution is 0.259. The van der Waals surface area contributed by atoms with E-state index in [1.807, 2.05) is 37.3 Å². The van der Waals surface area contributed by atoms with Crippen molar-refractivity contribution in [2.75, 3.05) is 56.6 Å². The first-order valence-electron chi connectivity index (χ1n) is 8.10. The van der Waals surface area contributed by atoms with E-state index in [0.717, 1.165) is 50.8 Å². The Bertz CT molecular complexity index is 590. The molecule has 1 saturated heterocycles. The fourth-order valence-electron chi connectivity index (χ4n) is 2.74. The van der Waals surface area contributed by atoms with Crippen LogP contribution in [0.2, 0.25) is 0 Å². The van der Waals surface area contributed by atoms with Crippen LogP contribution >= 0.6 is 0 Å². The molecule has 3 heterocycles. The fourth-order valence-corrected chi connectivity index (χ4v) is 2.74. The van der Waals surface area contributed by atoms with Crippen molar-refractivity contribution in [2.24, 2.45) is 0 Å². The van der Waals surface area contributed by atoms with E-state index < -0.39 is 0 Å². The quantitative estimate of drug-likeness (QED) is 0.829. The minimum absolute atomic E-state index is 0.891. The number of aromatic nitrogens is 3. The third-order valence-electron chi connectivity index (χ3n) is 4.20. The van der Waals surface area contributed by atoms with Gasteiger partial charge < -0.3 is 9.80 Å². The normalized spacial score (nSPS) is 15.7. The lowest BCUT2D eigenvalue weighted by Crippen LogP contribution is -2.47. The Morgan fingerprint density at radius 3 is 2.43 bits per heavy atom. The van der Waals surface area contributed by atoms with Crippen molar-refractivity contribution >= 4 is 11.6 Å². The average Bonchev–Trinajstić information content (AvgIpc) is 2.61. The summed E-state index contributed by atoms with van der Waals surface area (Å²) in [5, 5.41) is 8.61. The third kappa shape index (κ3) is 4.16. The van der Waals surface area contributed by atoms with E-state index in [-0.39, 0.29) is 0 Å². The Kier molecular flexibility index (Phi) is 5.02. The van der Waals surface area contributed by atoms with Crippen molar-refractivity contribution < 1.29 is 0 Å². The first kappa shape index (κ1) is 15.7. The summed E-state index contributed by atoms with van der Waals surface area (Å²) < 4.78 is 0. The van der Waals surface area contributed by atoms with Crippen molar-refractivity contribution in [2.45, 2.75) is 6.42 Å². The zero-order chi connectivity index (χ0) is 16.1. The van der Waals surface area contributed by atoms with E-state index >= 15 is 0 Å². The van der Waals surface area contributed by atoms with Gasteiger partial charge in [-0.15, -0.1) is 10.2 Å². The molecule has 0 saturated carbocycles. The van der Waals surface area contributed by atoms with E-state index in [9.17, 15) is 0 Å². The van der Waals surface area contributed by atoms with Crippen LogP contribution in [0, 0.1) is 0 Å². The van der Waals surface area contributed by atoms with Crippen LogP contribution in [-0.2, 0) is 6.42 Å². The van der Waals surface area contributed by atoms with Gasteiger partial charge in [0.05, 0.1) is 0 Å². The Morgan fingerprint density at radius 1 is 1.00 bits per heavy atom. The van der Waals surface area contributed by atoms with Gasteiger partial charge >= 0.3 is 0 Å². The largest absolute Gasteiger partial charge is 0.361 e. The van der Waals surface area contributed by atoms with E-state index in [1.54, 1.807) is 0 Å². The van der Waals surface area contributed by atoms with Crippen molar-refractivity contribution in [1.29, 1.82) is 0 Å². The summed E-state index contributed by atoms with van der Waals surface area (Å²) in [6.07, 6.45) is 2.88. The molecule has 0 amide bonds. The molecule has 0 bridgehead atoms. The summed E-state index contributed by atoms with van der Waals surface area (Å²) in [4.78, 5) is 11.2. The van der Waals surface area contributed by atoms with Crippen LogP contribution < -0.4 is 9.80 Å². The molecule has 0 aromatic carbocycles. The highest BCUT2D eigenvalue weighted by atomic mass is 15.3. The summed E-state index contributed by atoms with van der Waals surface area (Å²) >= 11 is 0. The number of rotatable bonds is 5. The summed E-state index contributed by atoms with van der Waals surface area (Å²) in [6.45, 7) is 5.18. The summed E-state index contributed by atoms with van der Waals surface area (Å²) in [5.74, 6) is 1.86. The van der Waals surface area contributed by atoms with E-state index in [0.29, 0.717) is 0 Å². The lowest BCUT2D eigenvalue weighted by Gasteiger charge is -2.35. The fraction of sp³-hybridized carbons (Fsp3) is 0.471. The van der Waals surface area contributed by atoms with Gasteiger partial charge in [0.1, 0.15) is 0 Å². The molecule has 0 radical (unpaired) electrons. The van der Waals surface area contributed by atoms with Crippen LogP contribution in [0.5, 0.6) is 0 Å². The molecule has 0 atom stereocenters. The molecule has 1 aliphatic rings. The maximum Gasteiger partial charge on any atom is 0.151 e. The number of hydrogen-bond acceptors (Lipinski definition) is 6. The number of piperazine rings is 1. The van der Waals surface area contributed by atoms with Crippen molar-refractivity contribution in [3.63, 3.8) is 0 Å². The molecule has 0 unspecified atom stereocenters. The summed E-state index contributed by atoms with van der Waals surface area (Å²) in [6, 6.07) is 10.2. The van der Waals surface area contributed by atoms with Gasteiger partial charge in [-0.2, -0.15) is 0 Å². The van der Waals surface area contributed by atoms with Gasteiger partial charge in [-0.3, -0.25) is 9.88 Å². The van der Waals surface area contributed by atoms with E-state index in [2.05, 4.69) is 43.2 Å². The minimum Gasteiger partial charge on any atom is -0.361 e. The minimum atomic E-state index is 0.891. The highest BCUT2D eigenvalue weighted by molar-refractivity contribution is 5.44. The standard InChI is InChI=1S/C17H24N6/c1-21(2)16-6-7-17(20-19-16)23-13-11-22(12-14-23)10-8-15-5-3-4-9-18-15/h3-7,9H,8,10-14H2,1-2H3. The van der Waals surface area contributed by atoms with Crippen molar-refractivity contribution in [1.82, 2.24) is 20.1 Å². The second kappa shape index (κ2) is 7.37. The topological polar surface area (TPSA) is 48.4 Å². The van der Waals surface area contributed by atoms with Gasteiger partial charge in [0.15, 0.2) is 11.6 Å². The van der Waals surface area contributed by atoms with Gasteiger partial charge in [0.2, 0.25) is 0 Å². The number of hydrogen-bond donors (Lipinski definition) is 0. The van der Waals surface area contributed by atoms with Crippen LogP contribution in [0.25, 0.3) is 0 Å². The zero-order valence-electron chi connectivity index (χ0n) is 13.9. The molecule has 23 heavy (non-hydrogen) atoms. The molecular weight excluding hydrogens is 288 g/mol. The monoisotopic (exact) mass is 312 g/mol. The molecule has 1 aliphatic heterocycles. The molecule has 0 aliphatic carbocycles. The third-order valence-corrected chi connectivity index (χ3v) is 4.20. The molecule has 0 N–H and O–H groups in total. The van der Waals surface area contributed by atoms with Gasteiger partial charge in [-0.1, -0.05) is 6.07 Å². The predicted octanol–water partition coefficient (Wildman–Crippen LogP) is 1.30. The van der Waals surface area contributed by atoms with Gasteiger partial charge in [-0.05, 0) is 24.3 Å². The SMILES string of the molecule is CN(C)c1ccc(N2CCN(CCc3ccccn3)CC2)nn1. The second-order valence-electron chi connectivity index (χ2n) is 6.04. The number of anilines is 2.